The lowest BCUT2D eigenvalue weighted by atomic mass is 10.1. The minimum Gasteiger partial charge on any atom is -0.495 e. The summed E-state index contributed by atoms with van der Waals surface area (Å²) in [5.41, 5.74) is 1.12. The predicted molar refractivity (Wildman–Crippen MR) is 119 cm³/mol. The molecule has 0 heterocycles. The van der Waals surface area contributed by atoms with Gasteiger partial charge in [-0.25, -0.2) is 13.1 Å². The largest absolute Gasteiger partial charge is 0.495 e. The molecule has 2 aromatic carbocycles. The fraction of sp³-hybridized carbons (Fsp3) is 0.435. The Bertz CT molecular complexity index is 1010. The molecule has 1 saturated carbocycles. The molecule has 0 aromatic heterocycles. The number of carbonyl (C=O) groups is 1. The Hall–Kier alpha value is -2.58. The monoisotopic (exact) mass is 446 g/mol. The van der Waals surface area contributed by atoms with Gasteiger partial charge in [0.25, 0.3) is 5.91 Å². The van der Waals surface area contributed by atoms with Crippen LogP contribution in [0.4, 0.5) is 0 Å². The van der Waals surface area contributed by atoms with E-state index in [1.54, 1.807) is 19.9 Å². The van der Waals surface area contributed by atoms with E-state index in [-0.39, 0.29) is 40.8 Å². The van der Waals surface area contributed by atoms with Gasteiger partial charge in [-0.05, 0) is 63.8 Å². The summed E-state index contributed by atoms with van der Waals surface area (Å²) in [4.78, 5) is 12.7. The minimum absolute atomic E-state index is 0.0682. The van der Waals surface area contributed by atoms with Gasteiger partial charge in [0.2, 0.25) is 10.0 Å². The minimum atomic E-state index is -3.82. The van der Waals surface area contributed by atoms with Crippen LogP contribution in [0.2, 0.25) is 0 Å². The second-order valence-corrected chi connectivity index (χ2v) is 9.64. The Balaban J connectivity index is 1.75. The molecule has 1 aliphatic carbocycles. The van der Waals surface area contributed by atoms with Crippen LogP contribution in [0.25, 0.3) is 0 Å². The van der Waals surface area contributed by atoms with E-state index in [4.69, 9.17) is 9.47 Å². The molecule has 0 spiro atoms. The first-order valence-electron chi connectivity index (χ1n) is 10.5. The number of benzene rings is 2. The predicted octanol–water partition coefficient (Wildman–Crippen LogP) is 3.63. The lowest BCUT2D eigenvalue weighted by molar-refractivity contribution is 0.0950. The summed E-state index contributed by atoms with van der Waals surface area (Å²) in [6, 6.07) is 11.7. The number of hydrogen-bond donors (Lipinski definition) is 2. The lowest BCUT2D eigenvalue weighted by Crippen LogP contribution is -2.31. The molecular weight excluding hydrogens is 416 g/mol. The van der Waals surface area contributed by atoms with Crippen molar-refractivity contribution < 1.29 is 22.7 Å². The number of rotatable bonds is 9. The summed E-state index contributed by atoms with van der Waals surface area (Å²) in [5, 5.41) is 2.86. The maximum absolute atomic E-state index is 12.8. The van der Waals surface area contributed by atoms with E-state index in [2.05, 4.69) is 10.0 Å². The number of hydrogen-bond acceptors (Lipinski definition) is 5. The van der Waals surface area contributed by atoms with E-state index < -0.39 is 10.0 Å². The molecule has 2 N–H and O–H groups in total. The topological polar surface area (TPSA) is 93.7 Å². The second kappa shape index (κ2) is 10.2. The fourth-order valence-electron chi connectivity index (χ4n) is 3.63. The number of nitrogens with one attached hydrogen (secondary N) is 2. The van der Waals surface area contributed by atoms with Crippen molar-refractivity contribution in [3.63, 3.8) is 0 Å². The van der Waals surface area contributed by atoms with Crippen LogP contribution < -0.4 is 19.5 Å². The number of para-hydroxylation sites is 1. The first-order valence-corrected chi connectivity index (χ1v) is 12.0. The Morgan fingerprint density at radius 2 is 1.81 bits per heavy atom. The van der Waals surface area contributed by atoms with E-state index in [1.807, 2.05) is 24.3 Å². The molecule has 1 aliphatic rings. The molecule has 168 valence electrons. The first-order chi connectivity index (χ1) is 14.8. The average Bonchev–Trinajstić information content (AvgIpc) is 3.24. The standard InChI is InChI=1S/C23H30N2O5S/c1-16(2)25-31(27,28)22-14-17(12-13-21(22)29-3)23(26)24-15-18-8-4-7-11-20(18)30-19-9-5-6-10-19/h4,7-8,11-14,16,19,25H,5-6,9-10,15H2,1-3H3,(H,24,26). The molecule has 1 fully saturated rings. The number of carbonyl (C=O) groups excluding carboxylic acids is 1. The maximum Gasteiger partial charge on any atom is 0.251 e. The highest BCUT2D eigenvalue weighted by Crippen LogP contribution is 2.27. The van der Waals surface area contributed by atoms with Crippen LogP contribution in [0.15, 0.2) is 47.4 Å². The van der Waals surface area contributed by atoms with Gasteiger partial charge in [-0.1, -0.05) is 18.2 Å². The molecule has 0 atom stereocenters. The van der Waals surface area contributed by atoms with E-state index >= 15 is 0 Å². The molecule has 1 amide bonds. The number of ether oxygens (including phenoxy) is 2. The summed E-state index contributed by atoms with van der Waals surface area (Å²) >= 11 is 0. The summed E-state index contributed by atoms with van der Waals surface area (Å²) in [7, 11) is -2.43. The van der Waals surface area contributed by atoms with Crippen molar-refractivity contribution in [3.05, 3.63) is 53.6 Å². The molecule has 0 radical (unpaired) electrons. The van der Waals surface area contributed by atoms with Crippen molar-refractivity contribution >= 4 is 15.9 Å². The van der Waals surface area contributed by atoms with E-state index in [0.29, 0.717) is 0 Å². The highest BCUT2D eigenvalue weighted by molar-refractivity contribution is 7.89. The molecule has 31 heavy (non-hydrogen) atoms. The summed E-state index contributed by atoms with van der Waals surface area (Å²) in [6.45, 7) is 3.73. The molecule has 7 nitrogen and oxygen atoms in total. The van der Waals surface area contributed by atoms with Crippen LogP contribution in [0, 0.1) is 0 Å². The third kappa shape index (κ3) is 5.98. The molecular formula is C23H30N2O5S. The number of methoxy groups -OCH3 is 1. The van der Waals surface area contributed by atoms with Crippen molar-refractivity contribution in [3.8, 4) is 11.5 Å². The van der Waals surface area contributed by atoms with Crippen LogP contribution in [0.5, 0.6) is 11.5 Å². The zero-order valence-corrected chi connectivity index (χ0v) is 19.0. The van der Waals surface area contributed by atoms with Gasteiger partial charge in [0.05, 0.1) is 13.2 Å². The van der Waals surface area contributed by atoms with Crippen LogP contribution in [0.1, 0.15) is 55.5 Å². The Morgan fingerprint density at radius 3 is 2.48 bits per heavy atom. The van der Waals surface area contributed by atoms with Gasteiger partial charge in [-0.2, -0.15) is 0 Å². The molecule has 0 saturated heterocycles. The van der Waals surface area contributed by atoms with E-state index in [1.165, 1.54) is 32.1 Å². The van der Waals surface area contributed by atoms with Crippen molar-refractivity contribution in [2.24, 2.45) is 0 Å². The maximum atomic E-state index is 12.8. The third-order valence-electron chi connectivity index (χ3n) is 5.11. The molecule has 2 aromatic rings. The molecule has 0 bridgehead atoms. The lowest BCUT2D eigenvalue weighted by Gasteiger charge is -2.17. The third-order valence-corrected chi connectivity index (χ3v) is 6.79. The fourth-order valence-corrected chi connectivity index (χ4v) is 5.08. The van der Waals surface area contributed by atoms with Gasteiger partial charge in [-0.15, -0.1) is 0 Å². The van der Waals surface area contributed by atoms with Crippen molar-refractivity contribution in [2.75, 3.05) is 7.11 Å². The van der Waals surface area contributed by atoms with Gasteiger partial charge in [0.1, 0.15) is 16.4 Å². The van der Waals surface area contributed by atoms with Crippen LogP contribution in [-0.2, 0) is 16.6 Å². The van der Waals surface area contributed by atoms with Crippen LogP contribution in [0.3, 0.4) is 0 Å². The molecule has 0 aliphatic heterocycles. The quantitative estimate of drug-likeness (QED) is 0.613. The molecule has 8 heteroatoms. The van der Waals surface area contributed by atoms with Gasteiger partial charge in [-0.3, -0.25) is 4.79 Å². The molecule has 0 unspecified atom stereocenters. The Labute approximate surface area is 184 Å². The Kier molecular flexibility index (Phi) is 7.56. The summed E-state index contributed by atoms with van der Waals surface area (Å²) in [5.74, 6) is 0.577. The second-order valence-electron chi connectivity index (χ2n) is 7.96. The van der Waals surface area contributed by atoms with Crippen molar-refractivity contribution in [1.82, 2.24) is 10.0 Å². The van der Waals surface area contributed by atoms with E-state index in [0.717, 1.165) is 24.2 Å². The summed E-state index contributed by atoms with van der Waals surface area (Å²) in [6.07, 6.45) is 4.68. The van der Waals surface area contributed by atoms with Gasteiger partial charge < -0.3 is 14.8 Å². The normalized spacial score (nSPS) is 14.6. The van der Waals surface area contributed by atoms with Crippen molar-refractivity contribution in [2.45, 2.75) is 63.1 Å². The highest BCUT2D eigenvalue weighted by atomic mass is 32.2. The SMILES string of the molecule is COc1ccc(C(=O)NCc2ccccc2OC2CCCC2)cc1S(=O)(=O)NC(C)C. The summed E-state index contributed by atoms with van der Waals surface area (Å²) < 4.78 is 39.1. The van der Waals surface area contributed by atoms with Crippen molar-refractivity contribution in [1.29, 1.82) is 0 Å². The van der Waals surface area contributed by atoms with Gasteiger partial charge in [0.15, 0.2) is 0 Å². The zero-order valence-electron chi connectivity index (χ0n) is 18.2. The Morgan fingerprint density at radius 1 is 1.10 bits per heavy atom. The van der Waals surface area contributed by atoms with E-state index in [9.17, 15) is 13.2 Å². The first kappa shape index (κ1) is 23.1. The van der Waals surface area contributed by atoms with Gasteiger partial charge >= 0.3 is 0 Å². The van der Waals surface area contributed by atoms with Crippen LogP contribution in [-0.4, -0.2) is 33.6 Å². The van der Waals surface area contributed by atoms with Gasteiger partial charge in [0, 0.05) is 23.7 Å². The highest BCUT2D eigenvalue weighted by Gasteiger charge is 2.23. The number of sulfonamides is 1. The van der Waals surface area contributed by atoms with Crippen LogP contribution >= 0.6 is 0 Å². The average molecular weight is 447 g/mol. The molecule has 3 rings (SSSR count). The zero-order chi connectivity index (χ0) is 22.4. The number of amides is 1. The smallest absolute Gasteiger partial charge is 0.251 e.